The van der Waals surface area contributed by atoms with E-state index < -0.39 is 17.4 Å². The van der Waals surface area contributed by atoms with E-state index in [1.807, 2.05) is 6.07 Å². The maximum absolute atomic E-state index is 12.2. The number of ketones is 2. The van der Waals surface area contributed by atoms with E-state index in [1.54, 1.807) is 12.1 Å². The van der Waals surface area contributed by atoms with Crippen LogP contribution in [0.4, 0.5) is 0 Å². The molecule has 1 aliphatic carbocycles. The number of hydrogen-bond donors (Lipinski definition) is 0. The molecule has 1 aromatic rings. The Morgan fingerprint density at radius 3 is 2.18 bits per heavy atom. The van der Waals surface area contributed by atoms with Gasteiger partial charge in [0.15, 0.2) is 0 Å². The molecule has 0 aromatic heterocycles. The first kappa shape index (κ1) is 12.5. The average molecular weight is 299 g/mol. The summed E-state index contributed by atoms with van der Waals surface area (Å²) in [5, 5.41) is 0. The van der Waals surface area contributed by atoms with Crippen LogP contribution in [0.5, 0.6) is 0 Å². The average Bonchev–Trinajstić information content (AvgIpc) is 2.59. The third-order valence-corrected chi connectivity index (χ3v) is 4.41. The zero-order valence-electron chi connectivity index (χ0n) is 9.77. The van der Waals surface area contributed by atoms with Gasteiger partial charge in [0.25, 0.3) is 0 Å². The van der Waals surface area contributed by atoms with Gasteiger partial charge in [-0.05, 0) is 0 Å². The first-order chi connectivity index (χ1) is 8.10. The first-order valence-electron chi connectivity index (χ1n) is 4.98. The molecule has 0 saturated heterocycles. The van der Waals surface area contributed by atoms with Crippen LogP contribution in [0.25, 0.3) is 0 Å². The molecule has 0 amide bonds. The molecule has 0 aliphatic heterocycles. The summed E-state index contributed by atoms with van der Waals surface area (Å²) in [7, 11) is 2.60. The van der Waals surface area contributed by atoms with Crippen LogP contribution in [0.15, 0.2) is 18.2 Å². The second-order valence-corrected chi connectivity index (χ2v) is 5.44. The summed E-state index contributed by atoms with van der Waals surface area (Å²) < 4.78 is 11.1. The van der Waals surface area contributed by atoms with Crippen molar-refractivity contribution in [2.24, 2.45) is 0 Å². The molecule has 0 spiro atoms. The Hall–Kier alpha value is -1.00. The van der Waals surface area contributed by atoms with Gasteiger partial charge in [-0.2, -0.15) is 0 Å². The molecule has 0 radical (unpaired) electrons. The summed E-state index contributed by atoms with van der Waals surface area (Å²) in [5.41, 5.74) is 0.784. The van der Waals surface area contributed by atoms with Crippen molar-refractivity contribution in [2.45, 2.75) is 11.6 Å². The van der Waals surface area contributed by atoms with E-state index in [4.69, 9.17) is 9.47 Å². The van der Waals surface area contributed by atoms with Gasteiger partial charge in [-0.3, -0.25) is 0 Å². The maximum atomic E-state index is 12.2. The van der Waals surface area contributed by atoms with Gasteiger partial charge >= 0.3 is 105 Å². The van der Waals surface area contributed by atoms with E-state index in [0.29, 0.717) is 11.1 Å². The summed E-state index contributed by atoms with van der Waals surface area (Å²) in [5.74, 6) is -0.552. The van der Waals surface area contributed by atoms with Crippen molar-refractivity contribution in [3.8, 4) is 0 Å². The van der Waals surface area contributed by atoms with Crippen molar-refractivity contribution in [1.82, 2.24) is 0 Å². The first-order valence-corrected chi connectivity index (χ1v) is 7.55. The fraction of sp³-hybridized carbons (Fsp3) is 0.333. The van der Waals surface area contributed by atoms with Crippen LogP contribution in [-0.4, -0.2) is 46.5 Å². The molecule has 0 saturated carbocycles. The van der Waals surface area contributed by atoms with Crippen molar-refractivity contribution < 1.29 is 19.1 Å². The van der Waals surface area contributed by atoms with E-state index >= 15 is 0 Å². The summed E-state index contributed by atoms with van der Waals surface area (Å²) in [6.45, 7) is 0. The van der Waals surface area contributed by atoms with E-state index in [0.717, 1.165) is 4.46 Å². The minimum absolute atomic E-state index is 0.281. The Bertz CT molecular complexity index is 491. The molecule has 4 nitrogen and oxygen atoms in total. The van der Waals surface area contributed by atoms with E-state index in [9.17, 15) is 9.59 Å². The SMILES string of the molecule is COC1(OC)C(=O)c2ccc([Se]C)cc2C1=O. The van der Waals surface area contributed by atoms with E-state index in [-0.39, 0.29) is 15.0 Å². The van der Waals surface area contributed by atoms with Crippen molar-refractivity contribution >= 4 is 31.0 Å². The number of carbonyl (C=O) groups is 2. The van der Waals surface area contributed by atoms with Gasteiger partial charge in [0.1, 0.15) is 0 Å². The number of hydrogen-bond acceptors (Lipinski definition) is 4. The van der Waals surface area contributed by atoms with Crippen LogP contribution < -0.4 is 4.46 Å². The zero-order chi connectivity index (χ0) is 12.6. The van der Waals surface area contributed by atoms with Gasteiger partial charge in [0.2, 0.25) is 0 Å². The molecule has 0 atom stereocenters. The predicted octanol–water partition coefficient (Wildman–Crippen LogP) is 0.432. The fourth-order valence-electron chi connectivity index (χ4n) is 1.95. The van der Waals surface area contributed by atoms with Crippen LogP contribution in [0.3, 0.4) is 0 Å². The molecule has 0 heterocycles. The summed E-state index contributed by atoms with van der Waals surface area (Å²) >= 11 is 0.281. The van der Waals surface area contributed by atoms with Crippen molar-refractivity contribution in [2.75, 3.05) is 14.2 Å². The second-order valence-electron chi connectivity index (χ2n) is 3.59. The van der Waals surface area contributed by atoms with E-state index in [1.165, 1.54) is 14.2 Å². The number of fused-ring (bicyclic) bond motifs is 1. The van der Waals surface area contributed by atoms with Gasteiger partial charge in [-0.15, -0.1) is 0 Å². The van der Waals surface area contributed by atoms with Crippen LogP contribution >= 0.6 is 0 Å². The Morgan fingerprint density at radius 1 is 1.06 bits per heavy atom. The molecule has 1 aliphatic rings. The zero-order valence-corrected chi connectivity index (χ0v) is 11.5. The van der Waals surface area contributed by atoms with Gasteiger partial charge in [0.05, 0.1) is 0 Å². The Labute approximate surface area is 105 Å². The van der Waals surface area contributed by atoms with Gasteiger partial charge in [-0.1, -0.05) is 0 Å². The molecule has 0 unspecified atom stereocenters. The van der Waals surface area contributed by atoms with Crippen molar-refractivity contribution in [3.05, 3.63) is 29.3 Å². The summed E-state index contributed by atoms with van der Waals surface area (Å²) in [6, 6.07) is 5.30. The quantitative estimate of drug-likeness (QED) is 0.461. The number of rotatable bonds is 3. The standard InChI is InChI=1S/C12H12O4Se/c1-15-12(16-2)10(13)8-5-4-7(17-3)6-9(8)11(12)14/h4-6H,1-3H3. The number of ether oxygens (including phenoxy) is 2. The fourth-order valence-corrected chi connectivity index (χ4v) is 2.87. The monoisotopic (exact) mass is 300 g/mol. The third kappa shape index (κ3) is 1.58. The molecular weight excluding hydrogens is 287 g/mol. The van der Waals surface area contributed by atoms with Crippen molar-refractivity contribution in [1.29, 1.82) is 0 Å². The molecule has 5 heteroatoms. The summed E-state index contributed by atoms with van der Waals surface area (Å²) in [4.78, 5) is 24.3. The number of methoxy groups -OCH3 is 2. The molecular formula is C12H12O4Se. The van der Waals surface area contributed by atoms with Crippen molar-refractivity contribution in [3.63, 3.8) is 0 Å². The number of carbonyl (C=O) groups excluding carboxylic acids is 2. The minimum atomic E-state index is -1.78. The summed E-state index contributed by atoms with van der Waals surface area (Å²) in [6.07, 6.45) is 0. The predicted molar refractivity (Wildman–Crippen MR) is 63.1 cm³/mol. The molecule has 0 fully saturated rings. The molecule has 2 rings (SSSR count). The Balaban J connectivity index is 2.60. The number of Topliss-reactive ketones (excluding diaryl/α,β-unsaturated/α-hetero) is 2. The van der Waals surface area contributed by atoms with Crippen LogP contribution in [0, 0.1) is 0 Å². The van der Waals surface area contributed by atoms with Crippen LogP contribution in [-0.2, 0) is 9.47 Å². The van der Waals surface area contributed by atoms with Gasteiger partial charge in [0, 0.05) is 0 Å². The molecule has 90 valence electrons. The van der Waals surface area contributed by atoms with E-state index in [2.05, 4.69) is 5.82 Å². The number of benzene rings is 1. The molecule has 0 bridgehead atoms. The molecule has 0 N–H and O–H groups in total. The van der Waals surface area contributed by atoms with Gasteiger partial charge in [-0.25, -0.2) is 0 Å². The molecule has 17 heavy (non-hydrogen) atoms. The topological polar surface area (TPSA) is 52.6 Å². The third-order valence-electron chi connectivity index (χ3n) is 2.89. The second kappa shape index (κ2) is 4.35. The van der Waals surface area contributed by atoms with Crippen LogP contribution in [0.1, 0.15) is 20.7 Å². The molecule has 1 aromatic carbocycles. The van der Waals surface area contributed by atoms with Gasteiger partial charge < -0.3 is 0 Å². The Kier molecular flexibility index (Phi) is 3.19. The Morgan fingerprint density at radius 2 is 1.65 bits per heavy atom. The van der Waals surface area contributed by atoms with Crippen LogP contribution in [0.2, 0.25) is 5.82 Å². The normalized spacial score (nSPS) is 17.4.